The lowest BCUT2D eigenvalue weighted by atomic mass is 10.0. The third-order valence-corrected chi connectivity index (χ3v) is 9.31. The van der Waals surface area contributed by atoms with Crippen LogP contribution in [0.3, 0.4) is 0 Å². The molecule has 0 bridgehead atoms. The lowest BCUT2D eigenvalue weighted by Crippen LogP contribution is -2.53. The number of amides is 2. The van der Waals surface area contributed by atoms with E-state index < -0.39 is 28.5 Å². The van der Waals surface area contributed by atoms with E-state index in [1.54, 1.807) is 60.7 Å². The van der Waals surface area contributed by atoms with Crippen LogP contribution in [0, 0.1) is 6.92 Å². The number of aryl methyl sites for hydroxylation is 1. The third-order valence-electron chi connectivity index (χ3n) is 6.79. The van der Waals surface area contributed by atoms with E-state index in [1.807, 2.05) is 37.3 Å². The average Bonchev–Trinajstić information content (AvgIpc) is 3.00. The monoisotopic (exact) mass is 623 g/mol. The number of nitrogens with zero attached hydrogens (tertiary/aromatic N) is 2. The maximum atomic E-state index is 14.2. The second-order valence-corrected chi connectivity index (χ2v) is 12.4. The molecule has 0 aliphatic carbocycles. The van der Waals surface area contributed by atoms with Gasteiger partial charge in [0, 0.05) is 20.0 Å². The van der Waals surface area contributed by atoms with Crippen LogP contribution in [-0.4, -0.2) is 44.8 Å². The molecule has 0 saturated heterocycles. The van der Waals surface area contributed by atoms with E-state index >= 15 is 0 Å². The van der Waals surface area contributed by atoms with E-state index in [9.17, 15) is 18.0 Å². The lowest BCUT2D eigenvalue weighted by molar-refractivity contribution is -0.139. The quantitative estimate of drug-likeness (QED) is 0.226. The first-order valence-corrected chi connectivity index (χ1v) is 15.4. The molecule has 0 fully saturated rings. The number of sulfonamides is 1. The number of halogens is 2. The van der Waals surface area contributed by atoms with Crippen LogP contribution in [0.4, 0.5) is 5.69 Å². The van der Waals surface area contributed by atoms with Crippen molar-refractivity contribution in [2.45, 2.75) is 30.8 Å². The number of benzene rings is 4. The van der Waals surface area contributed by atoms with Crippen LogP contribution in [0.5, 0.6) is 0 Å². The van der Waals surface area contributed by atoms with E-state index in [0.717, 1.165) is 15.4 Å². The smallest absolute Gasteiger partial charge is 0.264 e. The zero-order valence-corrected chi connectivity index (χ0v) is 25.5. The molecule has 0 radical (unpaired) electrons. The molecule has 10 heteroatoms. The van der Waals surface area contributed by atoms with E-state index in [1.165, 1.54) is 24.1 Å². The molecule has 1 N–H and O–H groups in total. The number of para-hydroxylation sites is 1. The van der Waals surface area contributed by atoms with Crippen molar-refractivity contribution in [1.29, 1.82) is 0 Å². The molecule has 4 rings (SSSR count). The van der Waals surface area contributed by atoms with E-state index in [4.69, 9.17) is 23.2 Å². The largest absolute Gasteiger partial charge is 0.357 e. The molecule has 42 heavy (non-hydrogen) atoms. The average molecular weight is 625 g/mol. The van der Waals surface area contributed by atoms with Gasteiger partial charge in [-0.1, -0.05) is 95.5 Å². The number of anilines is 1. The van der Waals surface area contributed by atoms with Crippen molar-refractivity contribution in [3.63, 3.8) is 0 Å². The van der Waals surface area contributed by atoms with Gasteiger partial charge in [-0.3, -0.25) is 13.9 Å². The molecule has 218 valence electrons. The molecule has 0 spiro atoms. The molecule has 0 heterocycles. The predicted molar refractivity (Wildman–Crippen MR) is 167 cm³/mol. The highest BCUT2D eigenvalue weighted by molar-refractivity contribution is 7.92. The molecule has 0 aliphatic heterocycles. The summed E-state index contributed by atoms with van der Waals surface area (Å²) in [4.78, 5) is 29.0. The highest BCUT2D eigenvalue weighted by Crippen LogP contribution is 2.27. The molecule has 2 amide bonds. The molecule has 4 aromatic rings. The van der Waals surface area contributed by atoms with Gasteiger partial charge in [0.1, 0.15) is 12.6 Å². The van der Waals surface area contributed by atoms with Crippen LogP contribution >= 0.6 is 23.2 Å². The Hall–Kier alpha value is -3.85. The summed E-state index contributed by atoms with van der Waals surface area (Å²) < 4.78 is 28.9. The summed E-state index contributed by atoms with van der Waals surface area (Å²) in [5, 5.41) is 3.31. The first-order chi connectivity index (χ1) is 20.1. The van der Waals surface area contributed by atoms with Crippen LogP contribution < -0.4 is 9.62 Å². The summed E-state index contributed by atoms with van der Waals surface area (Å²) in [5.74, 6) is -0.954. The molecule has 0 unspecified atom stereocenters. The fourth-order valence-electron chi connectivity index (χ4n) is 4.52. The van der Waals surface area contributed by atoms with Crippen LogP contribution in [0.1, 0.15) is 16.7 Å². The number of carbonyl (C=O) groups excluding carboxylic acids is 2. The topological polar surface area (TPSA) is 86.8 Å². The highest BCUT2D eigenvalue weighted by atomic mass is 35.5. The van der Waals surface area contributed by atoms with Gasteiger partial charge >= 0.3 is 0 Å². The minimum absolute atomic E-state index is 0.00610. The first-order valence-electron chi connectivity index (χ1n) is 13.2. The second-order valence-electron chi connectivity index (χ2n) is 9.75. The Kier molecular flexibility index (Phi) is 10.3. The Morgan fingerprint density at radius 1 is 0.810 bits per heavy atom. The molecule has 0 aliphatic rings. The van der Waals surface area contributed by atoms with Gasteiger partial charge in [-0.2, -0.15) is 0 Å². The van der Waals surface area contributed by atoms with E-state index in [-0.39, 0.29) is 23.8 Å². The van der Waals surface area contributed by atoms with Gasteiger partial charge in [0.05, 0.1) is 20.6 Å². The van der Waals surface area contributed by atoms with Crippen molar-refractivity contribution in [3.05, 3.63) is 130 Å². The zero-order chi connectivity index (χ0) is 30.3. The van der Waals surface area contributed by atoms with Gasteiger partial charge in [-0.15, -0.1) is 0 Å². The van der Waals surface area contributed by atoms with Crippen LogP contribution in [-0.2, 0) is 32.6 Å². The van der Waals surface area contributed by atoms with Gasteiger partial charge in [0.25, 0.3) is 10.0 Å². The maximum absolute atomic E-state index is 14.2. The third kappa shape index (κ3) is 7.50. The number of likely N-dealkylation sites (N-methyl/N-ethyl adjacent to an activating group) is 1. The fourth-order valence-corrected chi connectivity index (χ4v) is 6.25. The molecule has 1 atom stereocenters. The van der Waals surface area contributed by atoms with Crippen LogP contribution in [0.2, 0.25) is 10.0 Å². The summed E-state index contributed by atoms with van der Waals surface area (Å²) in [6.45, 7) is 1.32. The number of rotatable bonds is 11. The Bertz CT molecular complexity index is 1630. The highest BCUT2D eigenvalue weighted by Gasteiger charge is 2.34. The minimum atomic E-state index is -4.15. The van der Waals surface area contributed by atoms with Crippen LogP contribution in [0.25, 0.3) is 0 Å². The molecule has 4 aromatic carbocycles. The Labute approximate surface area is 256 Å². The van der Waals surface area contributed by atoms with Gasteiger partial charge in [0.2, 0.25) is 11.8 Å². The predicted octanol–water partition coefficient (Wildman–Crippen LogP) is 5.88. The van der Waals surface area contributed by atoms with Crippen molar-refractivity contribution < 1.29 is 18.0 Å². The van der Waals surface area contributed by atoms with Gasteiger partial charge < -0.3 is 10.2 Å². The Morgan fingerprint density at radius 3 is 2.02 bits per heavy atom. The maximum Gasteiger partial charge on any atom is 0.264 e. The molecule has 0 saturated carbocycles. The van der Waals surface area contributed by atoms with Crippen molar-refractivity contribution in [1.82, 2.24) is 10.2 Å². The summed E-state index contributed by atoms with van der Waals surface area (Å²) in [6, 6.07) is 28.2. The number of nitrogens with one attached hydrogen (secondary N) is 1. The fraction of sp³-hybridized carbons (Fsp3) is 0.188. The van der Waals surface area contributed by atoms with Crippen molar-refractivity contribution in [3.8, 4) is 0 Å². The van der Waals surface area contributed by atoms with Crippen molar-refractivity contribution in [2.24, 2.45) is 0 Å². The van der Waals surface area contributed by atoms with Gasteiger partial charge in [-0.25, -0.2) is 8.42 Å². The molecule has 0 aromatic heterocycles. The van der Waals surface area contributed by atoms with Crippen molar-refractivity contribution in [2.75, 3.05) is 17.9 Å². The minimum Gasteiger partial charge on any atom is -0.357 e. The van der Waals surface area contributed by atoms with E-state index in [2.05, 4.69) is 5.32 Å². The lowest BCUT2D eigenvalue weighted by Gasteiger charge is -2.33. The summed E-state index contributed by atoms with van der Waals surface area (Å²) >= 11 is 12.4. The Balaban J connectivity index is 1.78. The molecular weight excluding hydrogens is 593 g/mol. The molecular formula is C32H31Cl2N3O4S. The number of hydrogen-bond donors (Lipinski definition) is 1. The standard InChI is InChI=1S/C32H31Cl2N3O4S/c1-23-13-16-27(17-14-23)42(40,41)37(26-11-7-4-8-12-26)22-31(38)36(21-25-15-18-28(33)29(34)19-25)30(32(39)35-2)20-24-9-5-3-6-10-24/h3-19,30H,20-22H2,1-2H3,(H,35,39)/t30-/m1/s1. The zero-order valence-electron chi connectivity index (χ0n) is 23.2. The van der Waals surface area contributed by atoms with Gasteiger partial charge in [-0.05, 0) is 54.4 Å². The van der Waals surface area contributed by atoms with Gasteiger partial charge in [0.15, 0.2) is 0 Å². The molecule has 7 nitrogen and oxygen atoms in total. The summed E-state index contributed by atoms with van der Waals surface area (Å²) in [7, 11) is -2.65. The Morgan fingerprint density at radius 2 is 1.43 bits per heavy atom. The SMILES string of the molecule is CNC(=O)[C@@H](Cc1ccccc1)N(Cc1ccc(Cl)c(Cl)c1)C(=O)CN(c1ccccc1)S(=O)(=O)c1ccc(C)cc1. The van der Waals surface area contributed by atoms with Crippen molar-refractivity contribution >= 4 is 50.7 Å². The number of carbonyl (C=O) groups is 2. The number of hydrogen-bond acceptors (Lipinski definition) is 4. The van der Waals surface area contributed by atoms with E-state index in [0.29, 0.717) is 21.3 Å². The second kappa shape index (κ2) is 13.9. The normalized spacial score (nSPS) is 11.9. The first kappa shape index (κ1) is 31.1. The summed E-state index contributed by atoms with van der Waals surface area (Å²) in [5.41, 5.74) is 2.69. The van der Waals surface area contributed by atoms with Crippen LogP contribution in [0.15, 0.2) is 108 Å². The summed E-state index contributed by atoms with van der Waals surface area (Å²) in [6.07, 6.45) is 0.212.